The highest BCUT2D eigenvalue weighted by Crippen LogP contribution is 2.14. The van der Waals surface area contributed by atoms with Gasteiger partial charge in [-0.05, 0) is 29.8 Å². The molecule has 3 rings (SSSR count). The fourth-order valence-corrected chi connectivity index (χ4v) is 2.77. The second-order valence-corrected chi connectivity index (χ2v) is 6.85. The molecule has 0 unspecified atom stereocenters. The number of hydrogen-bond donors (Lipinski definition) is 1. The molecule has 0 bridgehead atoms. The number of benzene rings is 1. The average molecular weight is 301 g/mol. The molecule has 2 aromatic heterocycles. The molecule has 1 N–H and O–H groups in total. The van der Waals surface area contributed by atoms with Gasteiger partial charge in [-0.25, -0.2) is 13.4 Å². The highest BCUT2D eigenvalue weighted by molar-refractivity contribution is 7.90. The lowest BCUT2D eigenvalue weighted by Crippen LogP contribution is -2.04. The number of anilines is 1. The molecule has 0 aliphatic carbocycles. The summed E-state index contributed by atoms with van der Waals surface area (Å²) in [5, 5.41) is 3.32. The van der Waals surface area contributed by atoms with E-state index in [1.807, 2.05) is 40.9 Å². The summed E-state index contributed by atoms with van der Waals surface area (Å²) in [6, 6.07) is 12.7. The van der Waals surface area contributed by atoms with Gasteiger partial charge in [-0.1, -0.05) is 18.2 Å². The van der Waals surface area contributed by atoms with E-state index in [1.54, 1.807) is 18.3 Å². The van der Waals surface area contributed by atoms with E-state index in [9.17, 15) is 8.42 Å². The van der Waals surface area contributed by atoms with Gasteiger partial charge < -0.3 is 5.32 Å². The van der Waals surface area contributed by atoms with Crippen LogP contribution in [0.5, 0.6) is 0 Å². The topological polar surface area (TPSA) is 63.5 Å². The Hall–Kier alpha value is -2.34. The van der Waals surface area contributed by atoms with E-state index in [1.165, 1.54) is 6.26 Å². The largest absolute Gasteiger partial charge is 0.367 e. The SMILES string of the molecule is CS(=O)(=O)c1ccc(CNc2cccc3nccn23)cc1. The van der Waals surface area contributed by atoms with Gasteiger partial charge in [-0.3, -0.25) is 4.40 Å². The van der Waals surface area contributed by atoms with Gasteiger partial charge in [0.25, 0.3) is 0 Å². The zero-order chi connectivity index (χ0) is 14.9. The summed E-state index contributed by atoms with van der Waals surface area (Å²) in [4.78, 5) is 4.57. The van der Waals surface area contributed by atoms with Crippen molar-refractivity contribution in [1.29, 1.82) is 0 Å². The highest BCUT2D eigenvalue weighted by atomic mass is 32.2. The molecular formula is C15H15N3O2S. The molecule has 0 saturated heterocycles. The van der Waals surface area contributed by atoms with Crippen LogP contribution in [0.1, 0.15) is 5.56 Å². The van der Waals surface area contributed by atoms with Gasteiger partial charge in [0.1, 0.15) is 11.5 Å². The van der Waals surface area contributed by atoms with Crippen molar-refractivity contribution in [3.63, 3.8) is 0 Å². The zero-order valence-electron chi connectivity index (χ0n) is 11.5. The molecule has 1 aromatic carbocycles. The van der Waals surface area contributed by atoms with Gasteiger partial charge in [0.15, 0.2) is 9.84 Å². The smallest absolute Gasteiger partial charge is 0.175 e. The fraction of sp³-hybridized carbons (Fsp3) is 0.133. The monoisotopic (exact) mass is 301 g/mol. The van der Waals surface area contributed by atoms with E-state index in [-0.39, 0.29) is 0 Å². The second kappa shape index (κ2) is 5.21. The van der Waals surface area contributed by atoms with Gasteiger partial charge >= 0.3 is 0 Å². The molecule has 0 aliphatic rings. The molecule has 2 heterocycles. The van der Waals surface area contributed by atoms with Crippen LogP contribution in [-0.4, -0.2) is 24.1 Å². The van der Waals surface area contributed by atoms with Crippen LogP contribution < -0.4 is 5.32 Å². The van der Waals surface area contributed by atoms with E-state index >= 15 is 0 Å². The molecule has 0 amide bonds. The van der Waals surface area contributed by atoms with Gasteiger partial charge in [-0.15, -0.1) is 0 Å². The molecule has 0 fully saturated rings. The van der Waals surface area contributed by atoms with Crippen LogP contribution in [0.15, 0.2) is 59.8 Å². The van der Waals surface area contributed by atoms with Crippen molar-refractivity contribution < 1.29 is 8.42 Å². The van der Waals surface area contributed by atoms with Crippen LogP contribution in [-0.2, 0) is 16.4 Å². The van der Waals surface area contributed by atoms with Crippen LogP contribution in [0.25, 0.3) is 5.65 Å². The first-order valence-electron chi connectivity index (χ1n) is 6.49. The Labute approximate surface area is 123 Å². The number of rotatable bonds is 4. The molecule has 21 heavy (non-hydrogen) atoms. The van der Waals surface area contributed by atoms with Crippen LogP contribution in [0.2, 0.25) is 0 Å². The Morgan fingerprint density at radius 2 is 1.90 bits per heavy atom. The van der Waals surface area contributed by atoms with Crippen molar-refractivity contribution in [2.45, 2.75) is 11.4 Å². The lowest BCUT2D eigenvalue weighted by Gasteiger charge is -2.09. The summed E-state index contributed by atoms with van der Waals surface area (Å²) in [5.41, 5.74) is 1.90. The molecule has 3 aromatic rings. The van der Waals surface area contributed by atoms with Crippen LogP contribution in [0.3, 0.4) is 0 Å². The van der Waals surface area contributed by atoms with Crippen molar-refractivity contribution >= 4 is 21.3 Å². The fourth-order valence-electron chi connectivity index (χ4n) is 2.14. The summed E-state index contributed by atoms with van der Waals surface area (Å²) in [7, 11) is -3.14. The number of pyridine rings is 1. The van der Waals surface area contributed by atoms with Crippen LogP contribution in [0.4, 0.5) is 5.82 Å². The lowest BCUT2D eigenvalue weighted by molar-refractivity contribution is 0.602. The van der Waals surface area contributed by atoms with E-state index in [0.717, 1.165) is 17.0 Å². The highest BCUT2D eigenvalue weighted by Gasteiger charge is 2.06. The van der Waals surface area contributed by atoms with Crippen molar-refractivity contribution in [3.8, 4) is 0 Å². The summed E-state index contributed by atoms with van der Waals surface area (Å²) < 4.78 is 24.8. The Kier molecular flexibility index (Phi) is 3.39. The minimum absolute atomic E-state index is 0.336. The number of nitrogens with zero attached hydrogens (tertiary/aromatic N) is 2. The van der Waals surface area contributed by atoms with E-state index < -0.39 is 9.84 Å². The number of aromatic nitrogens is 2. The first-order valence-corrected chi connectivity index (χ1v) is 8.38. The quantitative estimate of drug-likeness (QED) is 0.803. The molecule has 0 radical (unpaired) electrons. The zero-order valence-corrected chi connectivity index (χ0v) is 12.3. The predicted molar refractivity (Wildman–Crippen MR) is 82.1 cm³/mol. The third kappa shape index (κ3) is 2.90. The summed E-state index contributed by atoms with van der Waals surface area (Å²) >= 11 is 0. The minimum Gasteiger partial charge on any atom is -0.367 e. The Balaban J connectivity index is 1.77. The Bertz CT molecular complexity index is 867. The molecule has 0 aliphatic heterocycles. The first kappa shape index (κ1) is 13.6. The Morgan fingerprint density at radius 1 is 1.14 bits per heavy atom. The standard InChI is InChI=1S/C15H15N3O2S/c1-21(19,20)13-7-5-12(6-8-13)11-17-15-4-2-3-14-16-9-10-18(14)15/h2-10,17H,11H2,1H3. The average Bonchev–Trinajstić information content (AvgIpc) is 2.93. The third-order valence-electron chi connectivity index (χ3n) is 3.25. The van der Waals surface area contributed by atoms with Crippen molar-refractivity contribution in [2.24, 2.45) is 0 Å². The van der Waals surface area contributed by atoms with Crippen LogP contribution in [0, 0.1) is 0 Å². The van der Waals surface area contributed by atoms with Crippen LogP contribution >= 0.6 is 0 Å². The van der Waals surface area contributed by atoms with Crippen molar-refractivity contribution in [2.75, 3.05) is 11.6 Å². The van der Waals surface area contributed by atoms with Gasteiger partial charge in [0.05, 0.1) is 4.90 Å². The summed E-state index contributed by atoms with van der Waals surface area (Å²) in [6.45, 7) is 0.612. The first-order chi connectivity index (χ1) is 10.0. The molecule has 5 nitrogen and oxygen atoms in total. The maximum atomic E-state index is 11.4. The maximum absolute atomic E-state index is 11.4. The Morgan fingerprint density at radius 3 is 2.62 bits per heavy atom. The van der Waals surface area contributed by atoms with Gasteiger partial charge in [0.2, 0.25) is 0 Å². The molecule has 108 valence electrons. The van der Waals surface area contributed by atoms with E-state index in [4.69, 9.17) is 0 Å². The molecule has 6 heteroatoms. The second-order valence-electron chi connectivity index (χ2n) is 4.84. The van der Waals surface area contributed by atoms with Gasteiger partial charge in [-0.2, -0.15) is 0 Å². The number of imidazole rings is 1. The van der Waals surface area contributed by atoms with Gasteiger partial charge in [0, 0.05) is 25.2 Å². The summed E-state index contributed by atoms with van der Waals surface area (Å²) in [6.07, 6.45) is 4.85. The number of sulfone groups is 1. The lowest BCUT2D eigenvalue weighted by atomic mass is 10.2. The van der Waals surface area contributed by atoms with Crippen molar-refractivity contribution in [3.05, 3.63) is 60.4 Å². The molecular weight excluding hydrogens is 286 g/mol. The normalized spacial score (nSPS) is 11.7. The minimum atomic E-state index is -3.14. The molecule has 0 saturated carbocycles. The number of fused-ring (bicyclic) bond motifs is 1. The number of nitrogens with one attached hydrogen (secondary N) is 1. The molecule has 0 atom stereocenters. The maximum Gasteiger partial charge on any atom is 0.175 e. The third-order valence-corrected chi connectivity index (χ3v) is 4.38. The van der Waals surface area contributed by atoms with E-state index in [2.05, 4.69) is 10.3 Å². The summed E-state index contributed by atoms with van der Waals surface area (Å²) in [5.74, 6) is 0.942. The molecule has 0 spiro atoms. The van der Waals surface area contributed by atoms with E-state index in [0.29, 0.717) is 11.4 Å². The number of hydrogen-bond acceptors (Lipinski definition) is 4. The predicted octanol–water partition coefficient (Wildman–Crippen LogP) is 2.35. The van der Waals surface area contributed by atoms with Crippen molar-refractivity contribution in [1.82, 2.24) is 9.38 Å².